The van der Waals surface area contributed by atoms with Crippen LogP contribution < -0.4 is 5.56 Å². The summed E-state index contributed by atoms with van der Waals surface area (Å²) in [7, 11) is 0. The maximum atomic E-state index is 13.0. The van der Waals surface area contributed by atoms with E-state index in [4.69, 9.17) is 11.6 Å². The van der Waals surface area contributed by atoms with Crippen LogP contribution in [0.15, 0.2) is 35.4 Å². The Morgan fingerprint density at radius 3 is 2.68 bits per heavy atom. The van der Waals surface area contributed by atoms with E-state index < -0.39 is 0 Å². The summed E-state index contributed by atoms with van der Waals surface area (Å²) in [6, 6.07) is 7.29. The van der Waals surface area contributed by atoms with Crippen LogP contribution in [0.25, 0.3) is 15.9 Å². The van der Waals surface area contributed by atoms with Crippen LogP contribution in [0.3, 0.4) is 0 Å². The molecule has 0 saturated carbocycles. The van der Waals surface area contributed by atoms with Gasteiger partial charge in [0.2, 0.25) is 0 Å². The molecule has 5 heteroatoms. The van der Waals surface area contributed by atoms with Crippen molar-refractivity contribution in [3.8, 4) is 5.69 Å². The summed E-state index contributed by atoms with van der Waals surface area (Å²) in [5, 5.41) is 1.48. The summed E-state index contributed by atoms with van der Waals surface area (Å²) in [6.07, 6.45) is 7.32. The number of hydrogen-bond donors (Lipinski definition) is 0. The molecule has 4 rings (SSSR count). The lowest BCUT2D eigenvalue weighted by atomic mass is 10.1. The minimum absolute atomic E-state index is 0.0340. The summed E-state index contributed by atoms with van der Waals surface area (Å²) >= 11 is 7.62. The van der Waals surface area contributed by atoms with Gasteiger partial charge in [0, 0.05) is 9.90 Å². The predicted molar refractivity (Wildman–Crippen MR) is 91.5 cm³/mol. The third kappa shape index (κ3) is 2.27. The lowest BCUT2D eigenvalue weighted by Gasteiger charge is -2.06. The second-order valence-corrected chi connectivity index (χ2v) is 7.16. The summed E-state index contributed by atoms with van der Waals surface area (Å²) in [4.78, 5) is 19.7. The van der Waals surface area contributed by atoms with Gasteiger partial charge in [0.05, 0.1) is 11.1 Å². The van der Waals surface area contributed by atoms with Crippen LogP contribution in [-0.2, 0) is 12.8 Å². The van der Waals surface area contributed by atoms with Gasteiger partial charge < -0.3 is 0 Å². The molecule has 1 aliphatic rings. The molecule has 0 aliphatic heterocycles. The summed E-state index contributed by atoms with van der Waals surface area (Å²) in [6.45, 7) is 0. The topological polar surface area (TPSA) is 34.9 Å². The fourth-order valence-electron chi connectivity index (χ4n) is 3.11. The molecule has 2 aromatic heterocycles. The van der Waals surface area contributed by atoms with Crippen molar-refractivity contribution in [3.63, 3.8) is 0 Å². The molecule has 1 aromatic carbocycles. The lowest BCUT2D eigenvalue weighted by Crippen LogP contribution is -2.19. The number of hydrogen-bond acceptors (Lipinski definition) is 3. The number of aryl methyl sites for hydroxylation is 2. The van der Waals surface area contributed by atoms with Gasteiger partial charge in [-0.25, -0.2) is 4.98 Å². The van der Waals surface area contributed by atoms with Crippen molar-refractivity contribution < 1.29 is 0 Å². The largest absolute Gasteiger partial charge is 0.268 e. The highest BCUT2D eigenvalue weighted by Gasteiger charge is 2.19. The predicted octanol–water partition coefficient (Wildman–Crippen LogP) is 4.37. The number of thiophene rings is 1. The van der Waals surface area contributed by atoms with Crippen LogP contribution >= 0.6 is 22.9 Å². The van der Waals surface area contributed by atoms with E-state index in [1.54, 1.807) is 34.4 Å². The molecular formula is C17H15ClN2OS. The van der Waals surface area contributed by atoms with Crippen LogP contribution in [-0.4, -0.2) is 9.55 Å². The van der Waals surface area contributed by atoms with Crippen molar-refractivity contribution in [2.45, 2.75) is 32.1 Å². The first-order valence-electron chi connectivity index (χ1n) is 7.52. The van der Waals surface area contributed by atoms with Crippen molar-refractivity contribution in [1.29, 1.82) is 0 Å². The second kappa shape index (κ2) is 5.52. The quantitative estimate of drug-likeness (QED) is 0.621. The van der Waals surface area contributed by atoms with Gasteiger partial charge in [-0.3, -0.25) is 9.36 Å². The Labute approximate surface area is 137 Å². The van der Waals surface area contributed by atoms with E-state index in [2.05, 4.69) is 4.98 Å². The molecule has 112 valence electrons. The Hall–Kier alpha value is -1.65. The molecule has 2 heterocycles. The Kier molecular flexibility index (Phi) is 3.51. The van der Waals surface area contributed by atoms with E-state index in [9.17, 15) is 4.79 Å². The first-order chi connectivity index (χ1) is 10.7. The molecule has 0 unspecified atom stereocenters. The zero-order valence-electron chi connectivity index (χ0n) is 12.0. The molecule has 3 nitrogen and oxygen atoms in total. The minimum atomic E-state index is 0.0340. The zero-order chi connectivity index (χ0) is 15.1. The summed E-state index contributed by atoms with van der Waals surface area (Å²) < 4.78 is 1.62. The molecule has 0 N–H and O–H groups in total. The molecule has 0 saturated heterocycles. The van der Waals surface area contributed by atoms with Crippen molar-refractivity contribution >= 4 is 33.2 Å². The molecule has 0 spiro atoms. The zero-order valence-corrected chi connectivity index (χ0v) is 13.6. The first-order valence-corrected chi connectivity index (χ1v) is 8.71. The van der Waals surface area contributed by atoms with Crippen molar-refractivity contribution in [1.82, 2.24) is 9.55 Å². The van der Waals surface area contributed by atoms with Gasteiger partial charge in [0.15, 0.2) is 0 Å². The van der Waals surface area contributed by atoms with Crippen LogP contribution in [0.1, 0.15) is 29.7 Å². The third-order valence-corrected chi connectivity index (χ3v) is 5.68. The maximum Gasteiger partial charge on any atom is 0.266 e. The summed E-state index contributed by atoms with van der Waals surface area (Å²) in [5.41, 5.74) is 2.07. The van der Waals surface area contributed by atoms with E-state index in [-0.39, 0.29) is 5.56 Å². The number of halogens is 1. The molecule has 1 aliphatic carbocycles. The molecule has 3 aromatic rings. The third-order valence-electron chi connectivity index (χ3n) is 4.23. The molecular weight excluding hydrogens is 316 g/mol. The fourth-order valence-corrected chi connectivity index (χ4v) is 4.45. The highest BCUT2D eigenvalue weighted by Crippen LogP contribution is 2.32. The van der Waals surface area contributed by atoms with Gasteiger partial charge in [-0.2, -0.15) is 0 Å². The Bertz CT molecular complexity index is 895. The minimum Gasteiger partial charge on any atom is -0.268 e. The van der Waals surface area contributed by atoms with E-state index in [0.717, 1.165) is 35.2 Å². The van der Waals surface area contributed by atoms with E-state index >= 15 is 0 Å². The Morgan fingerprint density at radius 2 is 1.86 bits per heavy atom. The van der Waals surface area contributed by atoms with Gasteiger partial charge in [-0.05, 0) is 55.5 Å². The van der Waals surface area contributed by atoms with Gasteiger partial charge in [-0.1, -0.05) is 18.0 Å². The first kappa shape index (κ1) is 14.0. The smallest absolute Gasteiger partial charge is 0.266 e. The number of aromatic nitrogens is 2. The summed E-state index contributed by atoms with van der Waals surface area (Å²) in [5.74, 6) is 0. The van der Waals surface area contributed by atoms with Crippen molar-refractivity contribution in [2.75, 3.05) is 0 Å². The Balaban J connectivity index is 1.95. The number of fused-ring (bicyclic) bond motifs is 3. The van der Waals surface area contributed by atoms with Crippen LogP contribution in [0, 0.1) is 0 Å². The fraction of sp³-hybridized carbons (Fsp3) is 0.294. The highest BCUT2D eigenvalue weighted by molar-refractivity contribution is 7.18. The highest BCUT2D eigenvalue weighted by atomic mass is 35.5. The van der Waals surface area contributed by atoms with Crippen molar-refractivity contribution in [2.24, 2.45) is 0 Å². The monoisotopic (exact) mass is 330 g/mol. The average Bonchev–Trinajstić information content (AvgIpc) is 2.72. The number of rotatable bonds is 1. The van der Waals surface area contributed by atoms with E-state index in [1.807, 2.05) is 12.1 Å². The molecule has 0 radical (unpaired) electrons. The molecule has 0 atom stereocenters. The number of nitrogens with zero attached hydrogens (tertiary/aromatic N) is 2. The van der Waals surface area contributed by atoms with E-state index in [1.165, 1.54) is 23.3 Å². The molecule has 0 bridgehead atoms. The second-order valence-electron chi connectivity index (χ2n) is 5.64. The number of benzene rings is 1. The normalized spacial score (nSPS) is 14.8. The van der Waals surface area contributed by atoms with Crippen molar-refractivity contribution in [3.05, 3.63) is 56.4 Å². The maximum absolute atomic E-state index is 13.0. The lowest BCUT2D eigenvalue weighted by molar-refractivity contribution is 0.713. The van der Waals surface area contributed by atoms with Crippen LogP contribution in [0.5, 0.6) is 0 Å². The van der Waals surface area contributed by atoms with E-state index in [0.29, 0.717) is 5.02 Å². The molecule has 22 heavy (non-hydrogen) atoms. The van der Waals surface area contributed by atoms with Gasteiger partial charge >= 0.3 is 0 Å². The molecule has 0 amide bonds. The Morgan fingerprint density at radius 1 is 1.09 bits per heavy atom. The molecule has 0 fully saturated rings. The standard InChI is InChI=1S/C17H15ClN2OS/c18-11-6-8-12(9-7-11)20-10-19-16-15(17(20)21)13-4-2-1-3-5-14(13)22-16/h6-10H,1-5H2. The average molecular weight is 331 g/mol. The van der Waals surface area contributed by atoms with Crippen LogP contribution in [0.4, 0.5) is 0 Å². The van der Waals surface area contributed by atoms with Gasteiger partial charge in [-0.15, -0.1) is 11.3 Å². The van der Waals surface area contributed by atoms with Gasteiger partial charge in [0.25, 0.3) is 5.56 Å². The van der Waals surface area contributed by atoms with Gasteiger partial charge in [0.1, 0.15) is 11.2 Å². The SMILES string of the molecule is O=c1c2c3c(sc2ncn1-c1ccc(Cl)cc1)CCCCC3. The van der Waals surface area contributed by atoms with Crippen LogP contribution in [0.2, 0.25) is 5.02 Å².